The normalized spacial score (nSPS) is 11.6. The van der Waals surface area contributed by atoms with Crippen molar-refractivity contribution in [3.63, 3.8) is 0 Å². The zero-order valence-corrected chi connectivity index (χ0v) is 12.0. The highest BCUT2D eigenvalue weighted by Crippen LogP contribution is 2.21. The van der Waals surface area contributed by atoms with Crippen LogP contribution in [-0.2, 0) is 16.6 Å². The van der Waals surface area contributed by atoms with Gasteiger partial charge >= 0.3 is 0 Å². The molecule has 0 aliphatic heterocycles. The molecule has 0 aromatic carbocycles. The third kappa shape index (κ3) is 3.25. The van der Waals surface area contributed by atoms with Crippen molar-refractivity contribution in [3.05, 3.63) is 34.8 Å². The molecule has 0 radical (unpaired) electrons. The number of nitrogens with two attached hydrogens (primary N) is 1. The fourth-order valence-corrected chi connectivity index (χ4v) is 2.68. The van der Waals surface area contributed by atoms with Crippen LogP contribution in [0.15, 0.2) is 27.7 Å². The van der Waals surface area contributed by atoms with Crippen molar-refractivity contribution in [2.75, 3.05) is 5.43 Å². The van der Waals surface area contributed by atoms with Gasteiger partial charge in [0.15, 0.2) is 5.82 Å². The maximum Gasteiger partial charge on any atom is 0.242 e. The number of hydrazine groups is 1. The number of aryl methyl sites for hydroxylation is 1. The van der Waals surface area contributed by atoms with Gasteiger partial charge in [-0.15, -0.1) is 0 Å². The molecular formula is C10H12ClN5O3S. The Bertz CT molecular complexity index is 715. The van der Waals surface area contributed by atoms with Crippen LogP contribution in [0.25, 0.3) is 0 Å². The van der Waals surface area contributed by atoms with Crippen molar-refractivity contribution >= 4 is 27.4 Å². The van der Waals surface area contributed by atoms with Crippen LogP contribution in [0, 0.1) is 6.92 Å². The molecule has 8 nitrogen and oxygen atoms in total. The quantitative estimate of drug-likeness (QED) is 0.550. The molecule has 2 heterocycles. The third-order valence-electron chi connectivity index (χ3n) is 2.38. The summed E-state index contributed by atoms with van der Waals surface area (Å²) in [4.78, 5) is 3.73. The van der Waals surface area contributed by atoms with Gasteiger partial charge in [0.25, 0.3) is 0 Å². The van der Waals surface area contributed by atoms with Crippen LogP contribution in [0.2, 0.25) is 5.02 Å². The van der Waals surface area contributed by atoms with Crippen LogP contribution in [0.3, 0.4) is 0 Å². The van der Waals surface area contributed by atoms with Crippen molar-refractivity contribution in [1.29, 1.82) is 0 Å². The fourth-order valence-electron chi connectivity index (χ4n) is 1.43. The number of halogens is 1. The van der Waals surface area contributed by atoms with E-state index in [2.05, 4.69) is 20.3 Å². The monoisotopic (exact) mass is 317 g/mol. The Morgan fingerprint density at radius 3 is 2.75 bits per heavy atom. The van der Waals surface area contributed by atoms with E-state index in [-0.39, 0.29) is 22.3 Å². The van der Waals surface area contributed by atoms with Gasteiger partial charge in [0.05, 0.1) is 17.3 Å². The topological polar surface area (TPSA) is 123 Å². The average molecular weight is 318 g/mol. The Morgan fingerprint density at radius 2 is 2.20 bits per heavy atom. The summed E-state index contributed by atoms with van der Waals surface area (Å²) in [5.74, 6) is 5.96. The number of hydrogen-bond donors (Lipinski definition) is 3. The summed E-state index contributed by atoms with van der Waals surface area (Å²) in [7, 11) is -3.74. The molecule has 4 N–H and O–H groups in total. The van der Waals surface area contributed by atoms with Crippen molar-refractivity contribution in [2.24, 2.45) is 5.84 Å². The zero-order valence-electron chi connectivity index (χ0n) is 10.4. The second-order valence-corrected chi connectivity index (χ2v) is 6.07. The summed E-state index contributed by atoms with van der Waals surface area (Å²) in [6.07, 6.45) is 1.15. The van der Waals surface area contributed by atoms with Crippen LogP contribution in [0.1, 0.15) is 11.5 Å². The molecule has 10 heteroatoms. The average Bonchev–Trinajstić information content (AvgIpc) is 2.82. The fraction of sp³-hybridized carbons (Fsp3) is 0.200. The Kier molecular flexibility index (Phi) is 4.23. The lowest BCUT2D eigenvalue weighted by Gasteiger charge is -2.07. The van der Waals surface area contributed by atoms with E-state index in [1.807, 2.05) is 0 Å². The minimum atomic E-state index is -3.74. The summed E-state index contributed by atoms with van der Waals surface area (Å²) in [6.45, 7) is 1.72. The summed E-state index contributed by atoms with van der Waals surface area (Å²) in [6, 6.07) is 2.88. The summed E-state index contributed by atoms with van der Waals surface area (Å²) in [5.41, 5.74) is 2.73. The van der Waals surface area contributed by atoms with Gasteiger partial charge in [-0.25, -0.2) is 24.0 Å². The van der Waals surface area contributed by atoms with Gasteiger partial charge in [-0.1, -0.05) is 16.8 Å². The molecule has 0 spiro atoms. The van der Waals surface area contributed by atoms with E-state index in [1.54, 1.807) is 13.0 Å². The highest BCUT2D eigenvalue weighted by atomic mass is 35.5. The SMILES string of the molecule is Cc1cc(CNS(=O)(=O)c2cnc(NN)c(Cl)c2)no1. The lowest BCUT2D eigenvalue weighted by Crippen LogP contribution is -2.23. The van der Waals surface area contributed by atoms with Crippen LogP contribution >= 0.6 is 11.6 Å². The van der Waals surface area contributed by atoms with E-state index >= 15 is 0 Å². The van der Waals surface area contributed by atoms with E-state index in [1.165, 1.54) is 6.07 Å². The second-order valence-electron chi connectivity index (χ2n) is 3.90. The zero-order chi connectivity index (χ0) is 14.8. The predicted octanol–water partition coefficient (Wildman–Crippen LogP) is 0.796. The lowest BCUT2D eigenvalue weighted by molar-refractivity contribution is 0.390. The molecule has 0 bridgehead atoms. The number of nitrogen functional groups attached to an aromatic ring is 1. The van der Waals surface area contributed by atoms with Gasteiger partial charge in [-0.3, -0.25) is 0 Å². The highest BCUT2D eigenvalue weighted by Gasteiger charge is 2.17. The largest absolute Gasteiger partial charge is 0.361 e. The van der Waals surface area contributed by atoms with E-state index in [0.29, 0.717) is 11.5 Å². The van der Waals surface area contributed by atoms with E-state index in [0.717, 1.165) is 6.20 Å². The first-order valence-corrected chi connectivity index (χ1v) is 7.32. The molecule has 2 aromatic rings. The Balaban J connectivity index is 2.15. The van der Waals surface area contributed by atoms with Gasteiger partial charge in [0.1, 0.15) is 10.7 Å². The van der Waals surface area contributed by atoms with Crippen molar-refractivity contribution in [3.8, 4) is 0 Å². The van der Waals surface area contributed by atoms with E-state index in [9.17, 15) is 8.42 Å². The van der Waals surface area contributed by atoms with Crippen LogP contribution < -0.4 is 16.0 Å². The van der Waals surface area contributed by atoms with E-state index in [4.69, 9.17) is 22.0 Å². The van der Waals surface area contributed by atoms with Gasteiger partial charge in [0.2, 0.25) is 10.0 Å². The Labute approximate surface area is 120 Å². The van der Waals surface area contributed by atoms with Crippen molar-refractivity contribution in [1.82, 2.24) is 14.9 Å². The number of hydrogen-bond acceptors (Lipinski definition) is 7. The molecular weight excluding hydrogens is 306 g/mol. The number of pyridine rings is 1. The number of nitrogens with zero attached hydrogens (tertiary/aromatic N) is 2. The summed E-state index contributed by atoms with van der Waals surface area (Å²) < 4.78 is 31.3. The number of nitrogens with one attached hydrogen (secondary N) is 2. The van der Waals surface area contributed by atoms with Crippen molar-refractivity contribution in [2.45, 2.75) is 18.4 Å². The second kappa shape index (κ2) is 5.75. The maximum absolute atomic E-state index is 12.0. The molecule has 0 fully saturated rings. The molecule has 0 atom stereocenters. The molecule has 0 unspecified atom stereocenters. The number of anilines is 1. The predicted molar refractivity (Wildman–Crippen MR) is 72.3 cm³/mol. The molecule has 0 amide bonds. The first-order chi connectivity index (χ1) is 9.42. The first kappa shape index (κ1) is 14.7. The third-order valence-corrected chi connectivity index (χ3v) is 4.04. The Hall–Kier alpha value is -1.68. The van der Waals surface area contributed by atoms with Gasteiger partial charge in [-0.2, -0.15) is 0 Å². The molecule has 2 aromatic heterocycles. The van der Waals surface area contributed by atoms with Crippen LogP contribution in [0.4, 0.5) is 5.82 Å². The standard InChI is InChI=1S/C10H12ClN5O3S/c1-6-2-7(16-19-6)4-14-20(17,18)8-3-9(11)10(15-12)13-5-8/h2-3,5,14H,4,12H2,1H3,(H,13,15). The van der Waals surface area contributed by atoms with Gasteiger partial charge in [-0.05, 0) is 13.0 Å². The molecule has 0 aliphatic carbocycles. The maximum atomic E-state index is 12.0. The Morgan fingerprint density at radius 1 is 1.45 bits per heavy atom. The first-order valence-electron chi connectivity index (χ1n) is 5.46. The van der Waals surface area contributed by atoms with Gasteiger partial charge in [0, 0.05) is 12.3 Å². The molecule has 0 saturated carbocycles. The summed E-state index contributed by atoms with van der Waals surface area (Å²) >= 11 is 5.83. The lowest BCUT2D eigenvalue weighted by atomic mass is 10.4. The van der Waals surface area contributed by atoms with E-state index < -0.39 is 10.0 Å². The van der Waals surface area contributed by atoms with Crippen LogP contribution in [-0.4, -0.2) is 18.6 Å². The molecule has 0 saturated heterocycles. The van der Waals surface area contributed by atoms with Crippen LogP contribution in [0.5, 0.6) is 0 Å². The number of sulfonamides is 1. The smallest absolute Gasteiger partial charge is 0.242 e. The number of aromatic nitrogens is 2. The molecule has 20 heavy (non-hydrogen) atoms. The molecule has 108 valence electrons. The molecule has 2 rings (SSSR count). The minimum absolute atomic E-state index is 0.00812. The molecule has 0 aliphatic rings. The van der Waals surface area contributed by atoms with Crippen molar-refractivity contribution < 1.29 is 12.9 Å². The summed E-state index contributed by atoms with van der Waals surface area (Å²) in [5, 5.41) is 3.79. The van der Waals surface area contributed by atoms with Gasteiger partial charge < -0.3 is 9.95 Å². The minimum Gasteiger partial charge on any atom is -0.361 e. The number of rotatable bonds is 5. The highest BCUT2D eigenvalue weighted by molar-refractivity contribution is 7.89.